The molecule has 0 bridgehead atoms. The molecule has 2 aliphatic rings. The molecule has 0 aliphatic carbocycles. The SMILES string of the molecule is FC(F)(F)c1ccc(Cl)c(CN2CCCNc3ncc(Nc4ccc(N5CCCC5)cn4)nc32)c1. The average molecular weight is 504 g/mol. The fourth-order valence-electron chi connectivity index (χ4n) is 4.35. The summed E-state index contributed by atoms with van der Waals surface area (Å²) >= 11 is 6.26. The van der Waals surface area contributed by atoms with Gasteiger partial charge in [0, 0.05) is 37.7 Å². The lowest BCUT2D eigenvalue weighted by Gasteiger charge is -2.24. The summed E-state index contributed by atoms with van der Waals surface area (Å²) in [5, 5.41) is 6.71. The Bertz CT molecular complexity index is 1180. The summed E-state index contributed by atoms with van der Waals surface area (Å²) in [5.74, 6) is 2.26. The number of alkyl halides is 3. The van der Waals surface area contributed by atoms with E-state index in [9.17, 15) is 13.2 Å². The van der Waals surface area contributed by atoms with E-state index < -0.39 is 11.7 Å². The molecule has 4 heterocycles. The van der Waals surface area contributed by atoms with E-state index in [1.165, 1.54) is 18.9 Å². The highest BCUT2D eigenvalue weighted by Crippen LogP contribution is 2.34. The Labute approximate surface area is 206 Å². The number of nitrogens with one attached hydrogen (secondary N) is 2. The van der Waals surface area contributed by atoms with Crippen LogP contribution in [0.2, 0.25) is 5.02 Å². The molecule has 1 saturated heterocycles. The zero-order valence-electron chi connectivity index (χ0n) is 18.9. The van der Waals surface area contributed by atoms with Gasteiger partial charge < -0.3 is 20.4 Å². The fraction of sp³-hybridized carbons (Fsp3) is 0.375. The minimum atomic E-state index is -4.44. The van der Waals surface area contributed by atoms with Gasteiger partial charge in [0.25, 0.3) is 0 Å². The van der Waals surface area contributed by atoms with Crippen LogP contribution in [-0.4, -0.2) is 41.1 Å². The Morgan fingerprint density at radius 1 is 0.971 bits per heavy atom. The lowest BCUT2D eigenvalue weighted by atomic mass is 10.1. The number of nitrogens with zero attached hydrogens (tertiary/aromatic N) is 5. The largest absolute Gasteiger partial charge is 0.416 e. The van der Waals surface area contributed by atoms with Gasteiger partial charge in [0.2, 0.25) is 0 Å². The summed E-state index contributed by atoms with van der Waals surface area (Å²) < 4.78 is 39.7. The lowest BCUT2D eigenvalue weighted by molar-refractivity contribution is -0.137. The standard InChI is InChI=1S/C24H25ClF3N7/c25-19-6-4-17(24(26,27)28)12-16(19)15-35-11-3-8-29-22-23(35)33-21(14-31-22)32-20-7-5-18(13-30-20)34-9-1-2-10-34/h4-7,12-14H,1-3,8-11,15H2,(H,29,31)(H,30,32,33). The van der Waals surface area contributed by atoms with Crippen molar-refractivity contribution in [2.45, 2.75) is 32.0 Å². The number of fused-ring (bicyclic) bond motifs is 1. The summed E-state index contributed by atoms with van der Waals surface area (Å²) in [7, 11) is 0. The summed E-state index contributed by atoms with van der Waals surface area (Å²) in [6, 6.07) is 7.31. The molecule has 3 aromatic rings. The normalized spacial score (nSPS) is 16.0. The molecule has 5 rings (SSSR count). The van der Waals surface area contributed by atoms with Gasteiger partial charge in [-0.25, -0.2) is 15.0 Å². The van der Waals surface area contributed by atoms with E-state index in [-0.39, 0.29) is 11.6 Å². The van der Waals surface area contributed by atoms with E-state index in [0.717, 1.165) is 37.3 Å². The van der Waals surface area contributed by atoms with Gasteiger partial charge in [-0.3, -0.25) is 0 Å². The van der Waals surface area contributed by atoms with Crippen molar-refractivity contribution >= 4 is 40.6 Å². The summed E-state index contributed by atoms with van der Waals surface area (Å²) in [5.41, 5.74) is 0.748. The Hall–Kier alpha value is -3.27. The molecule has 0 radical (unpaired) electrons. The molecule has 0 saturated carbocycles. The molecule has 2 aliphatic heterocycles. The van der Waals surface area contributed by atoms with Crippen LogP contribution in [0.15, 0.2) is 42.7 Å². The molecule has 184 valence electrons. The minimum absolute atomic E-state index is 0.179. The van der Waals surface area contributed by atoms with Crippen LogP contribution in [0.3, 0.4) is 0 Å². The second kappa shape index (κ2) is 9.77. The third kappa shape index (κ3) is 5.37. The Morgan fingerprint density at radius 3 is 2.54 bits per heavy atom. The van der Waals surface area contributed by atoms with E-state index in [2.05, 4.69) is 25.5 Å². The smallest absolute Gasteiger partial charge is 0.370 e. The van der Waals surface area contributed by atoms with Crippen molar-refractivity contribution in [3.8, 4) is 0 Å². The number of hydrogen-bond donors (Lipinski definition) is 2. The molecule has 0 atom stereocenters. The third-order valence-corrected chi connectivity index (χ3v) is 6.53. The van der Waals surface area contributed by atoms with Crippen LogP contribution in [0, 0.1) is 0 Å². The first-order chi connectivity index (χ1) is 16.9. The zero-order chi connectivity index (χ0) is 24.4. The first kappa shape index (κ1) is 23.5. The monoisotopic (exact) mass is 503 g/mol. The number of hydrogen-bond acceptors (Lipinski definition) is 7. The molecular formula is C24H25ClF3N7. The Balaban J connectivity index is 1.38. The predicted octanol–water partition coefficient (Wildman–Crippen LogP) is 5.71. The molecule has 1 fully saturated rings. The molecule has 0 amide bonds. The number of halogens is 4. The van der Waals surface area contributed by atoms with E-state index in [1.54, 1.807) is 6.20 Å². The van der Waals surface area contributed by atoms with Crippen molar-refractivity contribution in [2.24, 2.45) is 0 Å². The predicted molar refractivity (Wildman–Crippen MR) is 132 cm³/mol. The highest BCUT2D eigenvalue weighted by Gasteiger charge is 2.31. The average Bonchev–Trinajstić information content (AvgIpc) is 3.30. The van der Waals surface area contributed by atoms with Gasteiger partial charge in [-0.1, -0.05) is 11.6 Å². The maximum absolute atomic E-state index is 13.2. The highest BCUT2D eigenvalue weighted by atomic mass is 35.5. The van der Waals surface area contributed by atoms with Crippen LogP contribution in [-0.2, 0) is 12.7 Å². The number of pyridine rings is 1. The maximum Gasteiger partial charge on any atom is 0.416 e. The first-order valence-electron chi connectivity index (χ1n) is 11.6. The van der Waals surface area contributed by atoms with Crippen LogP contribution < -0.4 is 20.4 Å². The molecular weight excluding hydrogens is 479 g/mol. The molecule has 0 spiro atoms. The van der Waals surface area contributed by atoms with Crippen molar-refractivity contribution < 1.29 is 13.2 Å². The van der Waals surface area contributed by atoms with Crippen LogP contribution >= 0.6 is 11.6 Å². The minimum Gasteiger partial charge on any atom is -0.370 e. The summed E-state index contributed by atoms with van der Waals surface area (Å²) in [6.45, 7) is 3.54. The van der Waals surface area contributed by atoms with Crippen LogP contribution in [0.1, 0.15) is 30.4 Å². The fourth-order valence-corrected chi connectivity index (χ4v) is 4.53. The van der Waals surface area contributed by atoms with Gasteiger partial charge in [-0.15, -0.1) is 0 Å². The lowest BCUT2D eigenvalue weighted by Crippen LogP contribution is -2.25. The number of rotatable bonds is 5. The Morgan fingerprint density at radius 2 is 1.80 bits per heavy atom. The molecule has 2 N–H and O–H groups in total. The van der Waals surface area contributed by atoms with Crippen LogP contribution in [0.25, 0.3) is 0 Å². The van der Waals surface area contributed by atoms with Crippen molar-refractivity contribution in [3.63, 3.8) is 0 Å². The van der Waals surface area contributed by atoms with E-state index in [4.69, 9.17) is 16.6 Å². The van der Waals surface area contributed by atoms with Crippen LogP contribution in [0.5, 0.6) is 0 Å². The molecule has 11 heteroatoms. The number of aromatic nitrogens is 3. The van der Waals surface area contributed by atoms with Crippen molar-refractivity contribution in [1.82, 2.24) is 15.0 Å². The van der Waals surface area contributed by atoms with Crippen molar-refractivity contribution in [3.05, 3.63) is 58.9 Å². The summed E-state index contributed by atoms with van der Waals surface area (Å²) in [4.78, 5) is 17.9. The zero-order valence-corrected chi connectivity index (χ0v) is 19.7. The van der Waals surface area contributed by atoms with Gasteiger partial charge >= 0.3 is 6.18 Å². The molecule has 2 aromatic heterocycles. The topological polar surface area (TPSA) is 69.2 Å². The van der Waals surface area contributed by atoms with Gasteiger partial charge in [-0.05, 0) is 55.2 Å². The summed E-state index contributed by atoms with van der Waals surface area (Å²) in [6.07, 6.45) is 2.18. The molecule has 0 unspecified atom stereocenters. The van der Waals surface area contributed by atoms with E-state index in [0.29, 0.717) is 41.9 Å². The van der Waals surface area contributed by atoms with Gasteiger partial charge in [0.1, 0.15) is 5.82 Å². The number of anilines is 5. The Kier molecular flexibility index (Phi) is 6.55. The van der Waals surface area contributed by atoms with Crippen molar-refractivity contribution in [1.29, 1.82) is 0 Å². The third-order valence-electron chi connectivity index (χ3n) is 6.16. The van der Waals surface area contributed by atoms with Gasteiger partial charge in [-0.2, -0.15) is 13.2 Å². The van der Waals surface area contributed by atoms with Gasteiger partial charge in [0.05, 0.1) is 23.6 Å². The van der Waals surface area contributed by atoms with Crippen molar-refractivity contribution in [2.75, 3.05) is 46.6 Å². The van der Waals surface area contributed by atoms with Crippen LogP contribution in [0.4, 0.5) is 42.1 Å². The second-order valence-electron chi connectivity index (χ2n) is 8.65. The van der Waals surface area contributed by atoms with E-state index in [1.807, 2.05) is 23.2 Å². The molecule has 7 nitrogen and oxygen atoms in total. The molecule has 35 heavy (non-hydrogen) atoms. The quantitative estimate of drug-likeness (QED) is 0.462. The highest BCUT2D eigenvalue weighted by molar-refractivity contribution is 6.31. The van der Waals surface area contributed by atoms with Gasteiger partial charge in [0.15, 0.2) is 17.5 Å². The second-order valence-corrected chi connectivity index (χ2v) is 9.06. The first-order valence-corrected chi connectivity index (χ1v) is 11.9. The maximum atomic E-state index is 13.2. The molecule has 1 aromatic carbocycles. The van der Waals surface area contributed by atoms with E-state index >= 15 is 0 Å². The number of benzene rings is 1.